The summed E-state index contributed by atoms with van der Waals surface area (Å²) in [7, 11) is 0. The zero-order chi connectivity index (χ0) is 13.5. The van der Waals surface area contributed by atoms with Gasteiger partial charge in [0.25, 0.3) is 0 Å². The van der Waals surface area contributed by atoms with Crippen molar-refractivity contribution in [3.8, 4) is 10.6 Å². The van der Waals surface area contributed by atoms with Gasteiger partial charge in [-0.2, -0.15) is 0 Å². The highest BCUT2D eigenvalue weighted by Crippen LogP contribution is 2.24. The molecular weight excluding hydrogens is 261 g/mol. The Bertz CT molecular complexity index is 513. The van der Waals surface area contributed by atoms with Crippen molar-refractivity contribution in [1.29, 1.82) is 0 Å². The fourth-order valence-corrected chi connectivity index (χ4v) is 2.64. The van der Waals surface area contributed by atoms with Crippen LogP contribution in [-0.2, 0) is 6.42 Å². The minimum atomic E-state index is -0.238. The summed E-state index contributed by atoms with van der Waals surface area (Å²) in [5.74, 6) is -0.238. The predicted molar refractivity (Wildman–Crippen MR) is 76.8 cm³/mol. The standard InChI is InChI=1S/C14H18FN3S/c1-2-8-16-9-4-7-13-17-18-14(19-13)11-5-3-6-12(15)10-11/h3,5-6,10,16H,2,4,7-9H2,1H3. The van der Waals surface area contributed by atoms with E-state index in [2.05, 4.69) is 22.4 Å². The summed E-state index contributed by atoms with van der Waals surface area (Å²) in [5.41, 5.74) is 0.799. The van der Waals surface area contributed by atoms with E-state index < -0.39 is 0 Å². The van der Waals surface area contributed by atoms with Crippen LogP contribution in [0.15, 0.2) is 24.3 Å². The van der Waals surface area contributed by atoms with Gasteiger partial charge in [-0.3, -0.25) is 0 Å². The Morgan fingerprint density at radius 3 is 2.95 bits per heavy atom. The molecule has 0 aliphatic rings. The number of aryl methyl sites for hydroxylation is 1. The monoisotopic (exact) mass is 279 g/mol. The van der Waals surface area contributed by atoms with Crippen LogP contribution in [0.5, 0.6) is 0 Å². The average Bonchev–Trinajstić information content (AvgIpc) is 2.87. The molecule has 5 heteroatoms. The molecule has 0 saturated carbocycles. The molecule has 1 aromatic heterocycles. The van der Waals surface area contributed by atoms with Gasteiger partial charge in [-0.1, -0.05) is 30.4 Å². The molecule has 2 rings (SSSR count). The third-order valence-corrected chi connectivity index (χ3v) is 3.74. The summed E-state index contributed by atoms with van der Waals surface area (Å²) in [6, 6.07) is 6.48. The van der Waals surface area contributed by atoms with E-state index in [1.54, 1.807) is 17.4 Å². The van der Waals surface area contributed by atoms with Crippen LogP contribution in [0.2, 0.25) is 0 Å². The van der Waals surface area contributed by atoms with E-state index in [1.165, 1.54) is 12.1 Å². The Morgan fingerprint density at radius 2 is 2.16 bits per heavy atom. The molecule has 3 nitrogen and oxygen atoms in total. The fourth-order valence-electron chi connectivity index (χ4n) is 1.76. The number of halogens is 1. The van der Waals surface area contributed by atoms with Crippen LogP contribution in [0.3, 0.4) is 0 Å². The minimum absolute atomic E-state index is 0.238. The number of rotatable bonds is 7. The Labute approximate surface area is 116 Å². The second kappa shape index (κ2) is 7.31. The third-order valence-electron chi connectivity index (χ3n) is 2.71. The summed E-state index contributed by atoms with van der Waals surface area (Å²) in [5, 5.41) is 13.4. The maximum Gasteiger partial charge on any atom is 0.147 e. The van der Waals surface area contributed by atoms with Gasteiger partial charge in [0.2, 0.25) is 0 Å². The van der Waals surface area contributed by atoms with Gasteiger partial charge in [0.15, 0.2) is 0 Å². The highest BCUT2D eigenvalue weighted by Gasteiger charge is 2.07. The van der Waals surface area contributed by atoms with E-state index in [4.69, 9.17) is 0 Å². The Hall–Kier alpha value is -1.33. The zero-order valence-electron chi connectivity index (χ0n) is 11.0. The Morgan fingerprint density at radius 1 is 1.26 bits per heavy atom. The fraction of sp³-hybridized carbons (Fsp3) is 0.429. The number of aromatic nitrogens is 2. The molecule has 2 aromatic rings. The van der Waals surface area contributed by atoms with Crippen LogP contribution in [0.1, 0.15) is 24.8 Å². The van der Waals surface area contributed by atoms with Crippen molar-refractivity contribution in [1.82, 2.24) is 15.5 Å². The van der Waals surface area contributed by atoms with Crippen molar-refractivity contribution in [2.45, 2.75) is 26.2 Å². The van der Waals surface area contributed by atoms with E-state index in [0.29, 0.717) is 0 Å². The lowest BCUT2D eigenvalue weighted by molar-refractivity contribution is 0.628. The highest BCUT2D eigenvalue weighted by atomic mass is 32.1. The maximum atomic E-state index is 13.1. The molecule has 0 spiro atoms. The van der Waals surface area contributed by atoms with E-state index in [1.807, 2.05) is 6.07 Å². The van der Waals surface area contributed by atoms with Crippen LogP contribution >= 0.6 is 11.3 Å². The number of nitrogens with zero attached hydrogens (tertiary/aromatic N) is 2. The van der Waals surface area contributed by atoms with Crippen molar-refractivity contribution in [2.75, 3.05) is 13.1 Å². The van der Waals surface area contributed by atoms with Crippen LogP contribution in [-0.4, -0.2) is 23.3 Å². The predicted octanol–water partition coefficient (Wildman–Crippen LogP) is 3.28. The highest BCUT2D eigenvalue weighted by molar-refractivity contribution is 7.14. The van der Waals surface area contributed by atoms with Crippen LogP contribution in [0.25, 0.3) is 10.6 Å². The first-order chi connectivity index (χ1) is 9.29. The lowest BCUT2D eigenvalue weighted by Gasteiger charge is -1.99. The molecule has 1 N–H and O–H groups in total. The first-order valence-corrected chi connectivity index (χ1v) is 7.40. The van der Waals surface area contributed by atoms with Gasteiger partial charge < -0.3 is 5.32 Å². The summed E-state index contributed by atoms with van der Waals surface area (Å²) in [6.07, 6.45) is 3.13. The van der Waals surface area contributed by atoms with E-state index in [9.17, 15) is 4.39 Å². The smallest absolute Gasteiger partial charge is 0.147 e. The average molecular weight is 279 g/mol. The maximum absolute atomic E-state index is 13.1. The lowest BCUT2D eigenvalue weighted by Crippen LogP contribution is -2.16. The van der Waals surface area contributed by atoms with Gasteiger partial charge >= 0.3 is 0 Å². The second-order valence-corrected chi connectivity index (χ2v) is 5.43. The number of hydrogen-bond acceptors (Lipinski definition) is 4. The summed E-state index contributed by atoms with van der Waals surface area (Å²) >= 11 is 1.54. The normalized spacial score (nSPS) is 10.8. The molecule has 0 atom stereocenters. The van der Waals surface area contributed by atoms with Gasteiger partial charge in [-0.05, 0) is 38.1 Å². The molecule has 19 heavy (non-hydrogen) atoms. The number of benzene rings is 1. The zero-order valence-corrected chi connectivity index (χ0v) is 11.8. The van der Waals surface area contributed by atoms with Crippen molar-refractivity contribution < 1.29 is 4.39 Å². The minimum Gasteiger partial charge on any atom is -0.317 e. The number of nitrogens with one attached hydrogen (secondary N) is 1. The molecule has 0 fully saturated rings. The molecule has 1 aromatic carbocycles. The SMILES string of the molecule is CCCNCCCc1nnc(-c2cccc(F)c2)s1. The second-order valence-electron chi connectivity index (χ2n) is 4.36. The number of hydrogen-bond donors (Lipinski definition) is 1. The van der Waals surface area contributed by atoms with Crippen LogP contribution in [0, 0.1) is 5.82 Å². The quantitative estimate of drug-likeness (QED) is 0.790. The van der Waals surface area contributed by atoms with E-state index in [-0.39, 0.29) is 5.82 Å². The van der Waals surface area contributed by atoms with E-state index >= 15 is 0 Å². The van der Waals surface area contributed by atoms with Gasteiger partial charge in [0.1, 0.15) is 15.8 Å². The summed E-state index contributed by atoms with van der Waals surface area (Å²) in [4.78, 5) is 0. The van der Waals surface area contributed by atoms with Crippen molar-refractivity contribution in [2.24, 2.45) is 0 Å². The molecule has 0 bridgehead atoms. The van der Waals surface area contributed by atoms with Crippen molar-refractivity contribution >= 4 is 11.3 Å². The first kappa shape index (κ1) is 14.1. The molecule has 0 unspecified atom stereocenters. The largest absolute Gasteiger partial charge is 0.317 e. The van der Waals surface area contributed by atoms with Crippen LogP contribution in [0.4, 0.5) is 4.39 Å². The van der Waals surface area contributed by atoms with Crippen LogP contribution < -0.4 is 5.32 Å². The third kappa shape index (κ3) is 4.36. The molecule has 0 radical (unpaired) electrons. The Balaban J connectivity index is 1.88. The molecule has 0 amide bonds. The Kier molecular flexibility index (Phi) is 5.42. The first-order valence-electron chi connectivity index (χ1n) is 6.58. The van der Waals surface area contributed by atoms with Gasteiger partial charge in [-0.25, -0.2) is 4.39 Å². The van der Waals surface area contributed by atoms with E-state index in [0.717, 1.165) is 47.9 Å². The molecule has 0 aliphatic carbocycles. The van der Waals surface area contributed by atoms with Gasteiger partial charge in [0.05, 0.1) is 0 Å². The summed E-state index contributed by atoms with van der Waals surface area (Å²) < 4.78 is 13.1. The van der Waals surface area contributed by atoms with Crippen molar-refractivity contribution in [3.63, 3.8) is 0 Å². The topological polar surface area (TPSA) is 37.8 Å². The summed E-state index contributed by atoms with van der Waals surface area (Å²) in [6.45, 7) is 4.22. The van der Waals surface area contributed by atoms with Crippen molar-refractivity contribution in [3.05, 3.63) is 35.1 Å². The molecule has 0 aliphatic heterocycles. The molecule has 102 valence electrons. The molecular formula is C14H18FN3S. The lowest BCUT2D eigenvalue weighted by atomic mass is 10.2. The molecule has 1 heterocycles. The van der Waals surface area contributed by atoms with Gasteiger partial charge in [0, 0.05) is 12.0 Å². The molecule has 0 saturated heterocycles. The van der Waals surface area contributed by atoms with Gasteiger partial charge in [-0.15, -0.1) is 10.2 Å².